The van der Waals surface area contributed by atoms with E-state index in [1.807, 2.05) is 18.2 Å². The maximum atomic E-state index is 7.54. The van der Waals surface area contributed by atoms with E-state index in [2.05, 4.69) is 36.4 Å². The van der Waals surface area contributed by atoms with Gasteiger partial charge in [-0.2, -0.15) is 0 Å². The molecule has 1 aromatic carbocycles. The highest BCUT2D eigenvalue weighted by molar-refractivity contribution is 5.97. The van der Waals surface area contributed by atoms with Crippen molar-refractivity contribution in [3.8, 4) is 0 Å². The van der Waals surface area contributed by atoms with Crippen LogP contribution in [0.15, 0.2) is 60.2 Å². The Balaban J connectivity index is 1.89. The van der Waals surface area contributed by atoms with E-state index < -0.39 is 0 Å². The standard InChI is InChI=1S/C18H20N2/c19-18(20)15-8-3-6-14(11-12-15)17-10-4-7-13-5-1-2-9-16(13)17/h1-3,5-6,8-9,11-12,14,17H,4,7,10H2,(H3,19,20). The zero-order chi connectivity index (χ0) is 13.9. The normalized spacial score (nSPS) is 24.7. The van der Waals surface area contributed by atoms with Gasteiger partial charge in [0.05, 0.1) is 0 Å². The van der Waals surface area contributed by atoms with Crippen molar-refractivity contribution in [2.45, 2.75) is 25.2 Å². The smallest absolute Gasteiger partial charge is 0.122 e. The average Bonchev–Trinajstić information content (AvgIpc) is 2.72. The summed E-state index contributed by atoms with van der Waals surface area (Å²) in [5, 5.41) is 7.54. The number of fused-ring (bicyclic) bond motifs is 1. The second-order valence-electron chi connectivity index (χ2n) is 5.55. The van der Waals surface area contributed by atoms with Gasteiger partial charge in [0.15, 0.2) is 0 Å². The summed E-state index contributed by atoms with van der Waals surface area (Å²) >= 11 is 0. The van der Waals surface area contributed by atoms with Crippen LogP contribution < -0.4 is 5.73 Å². The van der Waals surface area contributed by atoms with Crippen LogP contribution in [0.4, 0.5) is 0 Å². The third kappa shape index (κ3) is 2.46. The van der Waals surface area contributed by atoms with Crippen molar-refractivity contribution in [1.29, 1.82) is 5.41 Å². The number of nitrogens with two attached hydrogens (primary N) is 1. The van der Waals surface area contributed by atoms with Gasteiger partial charge in [0.2, 0.25) is 0 Å². The van der Waals surface area contributed by atoms with E-state index in [4.69, 9.17) is 11.1 Å². The van der Waals surface area contributed by atoms with Crippen molar-refractivity contribution in [1.82, 2.24) is 0 Å². The number of nitrogens with one attached hydrogen (secondary N) is 1. The Morgan fingerprint density at radius 1 is 1.20 bits per heavy atom. The SMILES string of the molecule is N=C(N)C1=CC=CC(C2CCCc3ccccc32)C=C1. The van der Waals surface area contributed by atoms with Gasteiger partial charge in [-0.25, -0.2) is 0 Å². The molecule has 102 valence electrons. The Kier molecular flexibility index (Phi) is 3.55. The van der Waals surface area contributed by atoms with Gasteiger partial charge in [0.1, 0.15) is 5.84 Å². The van der Waals surface area contributed by atoms with Gasteiger partial charge in [0, 0.05) is 11.5 Å². The molecular formula is C18H20N2. The summed E-state index contributed by atoms with van der Waals surface area (Å²) in [6.07, 6.45) is 14.1. The first-order chi connectivity index (χ1) is 9.75. The van der Waals surface area contributed by atoms with Gasteiger partial charge in [-0.15, -0.1) is 0 Å². The molecule has 1 aromatic rings. The van der Waals surface area contributed by atoms with Crippen molar-refractivity contribution in [3.05, 3.63) is 71.3 Å². The van der Waals surface area contributed by atoms with Crippen molar-refractivity contribution >= 4 is 5.84 Å². The predicted molar refractivity (Wildman–Crippen MR) is 83.9 cm³/mol. The average molecular weight is 264 g/mol. The molecule has 0 spiro atoms. The minimum atomic E-state index is 0.135. The highest BCUT2D eigenvalue weighted by atomic mass is 14.7. The number of aryl methyl sites for hydroxylation is 1. The Morgan fingerprint density at radius 2 is 2.05 bits per heavy atom. The number of benzene rings is 1. The first-order valence-electron chi connectivity index (χ1n) is 7.24. The fourth-order valence-corrected chi connectivity index (χ4v) is 3.26. The molecule has 2 nitrogen and oxygen atoms in total. The van der Waals surface area contributed by atoms with Crippen molar-refractivity contribution in [2.75, 3.05) is 0 Å². The number of hydrogen-bond acceptors (Lipinski definition) is 1. The van der Waals surface area contributed by atoms with Crippen LogP contribution in [0, 0.1) is 11.3 Å². The van der Waals surface area contributed by atoms with Crippen LogP contribution >= 0.6 is 0 Å². The second kappa shape index (κ2) is 5.49. The van der Waals surface area contributed by atoms with Crippen molar-refractivity contribution in [3.63, 3.8) is 0 Å². The number of allylic oxidation sites excluding steroid dienone is 4. The van der Waals surface area contributed by atoms with Gasteiger partial charge >= 0.3 is 0 Å². The number of rotatable bonds is 2. The number of amidine groups is 1. The lowest BCUT2D eigenvalue weighted by Gasteiger charge is -2.29. The lowest BCUT2D eigenvalue weighted by atomic mass is 9.75. The van der Waals surface area contributed by atoms with Crippen molar-refractivity contribution < 1.29 is 0 Å². The molecule has 2 heteroatoms. The largest absolute Gasteiger partial charge is 0.384 e. The van der Waals surface area contributed by atoms with Gasteiger partial charge in [-0.3, -0.25) is 5.41 Å². The highest BCUT2D eigenvalue weighted by Gasteiger charge is 2.25. The van der Waals surface area contributed by atoms with Crippen LogP contribution in [0.5, 0.6) is 0 Å². The van der Waals surface area contributed by atoms with Crippen LogP contribution in [0.2, 0.25) is 0 Å². The molecule has 0 aliphatic heterocycles. The molecule has 0 bridgehead atoms. The Labute approximate surface area is 120 Å². The molecule has 0 saturated carbocycles. The summed E-state index contributed by atoms with van der Waals surface area (Å²) in [6.45, 7) is 0. The third-order valence-electron chi connectivity index (χ3n) is 4.30. The second-order valence-corrected chi connectivity index (χ2v) is 5.55. The maximum absolute atomic E-state index is 7.54. The molecule has 2 aliphatic carbocycles. The van der Waals surface area contributed by atoms with E-state index in [0.717, 1.165) is 5.57 Å². The molecule has 0 heterocycles. The Bertz CT molecular complexity index is 608. The molecule has 2 aliphatic rings. The van der Waals surface area contributed by atoms with E-state index in [-0.39, 0.29) is 5.84 Å². The van der Waals surface area contributed by atoms with Crippen LogP contribution in [-0.4, -0.2) is 5.84 Å². The Hall–Kier alpha value is -2.09. The van der Waals surface area contributed by atoms with Gasteiger partial charge in [0.25, 0.3) is 0 Å². The summed E-state index contributed by atoms with van der Waals surface area (Å²) in [5.41, 5.74) is 9.35. The number of hydrogen-bond donors (Lipinski definition) is 2. The molecule has 0 saturated heterocycles. The lowest BCUT2D eigenvalue weighted by molar-refractivity contribution is 0.496. The maximum Gasteiger partial charge on any atom is 0.122 e. The van der Waals surface area contributed by atoms with Gasteiger partial charge < -0.3 is 5.73 Å². The minimum Gasteiger partial charge on any atom is -0.384 e. The van der Waals surface area contributed by atoms with Crippen molar-refractivity contribution in [2.24, 2.45) is 11.7 Å². The fourth-order valence-electron chi connectivity index (χ4n) is 3.26. The summed E-state index contributed by atoms with van der Waals surface area (Å²) in [4.78, 5) is 0. The van der Waals surface area contributed by atoms with E-state index in [1.165, 1.54) is 30.4 Å². The van der Waals surface area contributed by atoms with E-state index in [0.29, 0.717) is 11.8 Å². The first kappa shape index (κ1) is 12.9. The zero-order valence-electron chi connectivity index (χ0n) is 11.5. The van der Waals surface area contributed by atoms with Gasteiger partial charge in [-0.1, -0.05) is 54.6 Å². The third-order valence-corrected chi connectivity index (χ3v) is 4.30. The summed E-state index contributed by atoms with van der Waals surface area (Å²) < 4.78 is 0. The summed E-state index contributed by atoms with van der Waals surface area (Å²) in [7, 11) is 0. The molecule has 2 atom stereocenters. The molecule has 2 unspecified atom stereocenters. The molecule has 3 rings (SSSR count). The van der Waals surface area contributed by atoms with Crippen LogP contribution in [0.1, 0.15) is 29.9 Å². The summed E-state index contributed by atoms with van der Waals surface area (Å²) in [6, 6.07) is 8.80. The van der Waals surface area contributed by atoms with Crippen LogP contribution in [0.3, 0.4) is 0 Å². The molecule has 0 aromatic heterocycles. The molecule has 0 amide bonds. The Morgan fingerprint density at radius 3 is 2.90 bits per heavy atom. The van der Waals surface area contributed by atoms with Crippen LogP contribution in [-0.2, 0) is 6.42 Å². The molecule has 0 radical (unpaired) electrons. The van der Waals surface area contributed by atoms with E-state index >= 15 is 0 Å². The molecule has 3 N–H and O–H groups in total. The quantitative estimate of drug-likeness (QED) is 0.621. The topological polar surface area (TPSA) is 49.9 Å². The lowest BCUT2D eigenvalue weighted by Crippen LogP contribution is -2.16. The zero-order valence-corrected chi connectivity index (χ0v) is 11.5. The van der Waals surface area contributed by atoms with E-state index in [1.54, 1.807) is 0 Å². The fraction of sp³-hybridized carbons (Fsp3) is 0.278. The minimum absolute atomic E-state index is 0.135. The predicted octanol–water partition coefficient (Wildman–Crippen LogP) is 3.71. The highest BCUT2D eigenvalue weighted by Crippen LogP contribution is 2.38. The molecule has 0 fully saturated rings. The molecular weight excluding hydrogens is 244 g/mol. The molecule has 20 heavy (non-hydrogen) atoms. The monoisotopic (exact) mass is 264 g/mol. The van der Waals surface area contributed by atoms with Crippen LogP contribution in [0.25, 0.3) is 0 Å². The van der Waals surface area contributed by atoms with E-state index in [9.17, 15) is 0 Å². The summed E-state index contributed by atoms with van der Waals surface area (Å²) in [5.74, 6) is 1.08. The van der Waals surface area contributed by atoms with Gasteiger partial charge in [-0.05, 0) is 36.3 Å². The first-order valence-corrected chi connectivity index (χ1v) is 7.24.